The third-order valence-electron chi connectivity index (χ3n) is 3.71. The molecule has 1 amide bonds. The van der Waals surface area contributed by atoms with Gasteiger partial charge in [0.25, 0.3) is 5.91 Å². The Bertz CT molecular complexity index is 895. The number of amides is 1. The summed E-state index contributed by atoms with van der Waals surface area (Å²) in [5, 5.41) is 6.01. The Kier molecular flexibility index (Phi) is 5.34. The second kappa shape index (κ2) is 8.02. The van der Waals surface area contributed by atoms with Gasteiger partial charge in [-0.2, -0.15) is 0 Å². The van der Waals surface area contributed by atoms with Gasteiger partial charge >= 0.3 is 0 Å². The number of rotatable bonds is 6. The summed E-state index contributed by atoms with van der Waals surface area (Å²) >= 11 is 0. The van der Waals surface area contributed by atoms with Gasteiger partial charge in [-0.3, -0.25) is 4.79 Å². The molecule has 6 nitrogen and oxygen atoms in total. The number of hydrogen-bond acceptors (Lipinski definition) is 5. The zero-order chi connectivity index (χ0) is 18.4. The Morgan fingerprint density at radius 1 is 0.885 bits per heavy atom. The second-order valence-corrected chi connectivity index (χ2v) is 5.47. The van der Waals surface area contributed by atoms with Gasteiger partial charge in [0.15, 0.2) is 0 Å². The van der Waals surface area contributed by atoms with Gasteiger partial charge in [0.1, 0.15) is 17.3 Å². The summed E-state index contributed by atoms with van der Waals surface area (Å²) in [5.41, 5.74) is 2.01. The first-order chi connectivity index (χ1) is 12.7. The molecule has 6 heteroatoms. The van der Waals surface area contributed by atoms with Gasteiger partial charge in [-0.15, -0.1) is 0 Å². The van der Waals surface area contributed by atoms with Gasteiger partial charge in [-0.25, -0.2) is 4.98 Å². The molecule has 0 saturated heterocycles. The minimum absolute atomic E-state index is 0.216. The van der Waals surface area contributed by atoms with Gasteiger partial charge in [0.05, 0.1) is 14.2 Å². The van der Waals surface area contributed by atoms with Gasteiger partial charge in [-0.05, 0) is 48.5 Å². The normalized spacial score (nSPS) is 10.1. The van der Waals surface area contributed by atoms with Crippen LogP contribution in [0, 0.1) is 0 Å². The van der Waals surface area contributed by atoms with E-state index < -0.39 is 0 Å². The van der Waals surface area contributed by atoms with Crippen LogP contribution in [0.15, 0.2) is 66.9 Å². The Morgan fingerprint density at radius 2 is 1.65 bits per heavy atom. The van der Waals surface area contributed by atoms with Gasteiger partial charge < -0.3 is 20.1 Å². The van der Waals surface area contributed by atoms with Crippen molar-refractivity contribution in [3.05, 3.63) is 72.4 Å². The molecule has 1 heterocycles. The third kappa shape index (κ3) is 4.30. The number of nitrogens with one attached hydrogen (secondary N) is 2. The Balaban J connectivity index is 1.72. The molecular formula is C20H19N3O3. The van der Waals surface area contributed by atoms with Crippen molar-refractivity contribution in [3.8, 4) is 11.5 Å². The van der Waals surface area contributed by atoms with E-state index in [-0.39, 0.29) is 5.91 Å². The monoisotopic (exact) mass is 349 g/mol. The molecule has 2 aromatic carbocycles. The SMILES string of the molecule is COc1ccc(NC(=O)c2ccnc(Nc3cccc(OC)c3)c2)cc1. The average molecular weight is 349 g/mol. The van der Waals surface area contributed by atoms with Crippen molar-refractivity contribution in [2.24, 2.45) is 0 Å². The number of aromatic nitrogens is 1. The molecule has 0 fully saturated rings. The second-order valence-electron chi connectivity index (χ2n) is 5.47. The van der Waals surface area contributed by atoms with Crippen LogP contribution in [0.3, 0.4) is 0 Å². The topological polar surface area (TPSA) is 72.5 Å². The highest BCUT2D eigenvalue weighted by Gasteiger charge is 2.08. The zero-order valence-electron chi connectivity index (χ0n) is 14.5. The summed E-state index contributed by atoms with van der Waals surface area (Å²) < 4.78 is 10.3. The summed E-state index contributed by atoms with van der Waals surface area (Å²) in [4.78, 5) is 16.7. The molecule has 1 aromatic heterocycles. The Hall–Kier alpha value is -3.54. The number of anilines is 3. The molecule has 0 spiro atoms. The molecule has 0 aliphatic carbocycles. The van der Waals surface area contributed by atoms with E-state index in [1.54, 1.807) is 56.8 Å². The largest absolute Gasteiger partial charge is 0.497 e. The molecule has 2 N–H and O–H groups in total. The smallest absolute Gasteiger partial charge is 0.255 e. The van der Waals surface area contributed by atoms with Gasteiger partial charge in [-0.1, -0.05) is 6.07 Å². The first-order valence-electron chi connectivity index (χ1n) is 8.00. The molecule has 132 valence electrons. The summed E-state index contributed by atoms with van der Waals surface area (Å²) in [6, 6.07) is 18.0. The number of carbonyl (C=O) groups excluding carboxylic acids is 1. The van der Waals surface area contributed by atoms with E-state index in [4.69, 9.17) is 9.47 Å². The van der Waals surface area contributed by atoms with Gasteiger partial charge in [0, 0.05) is 29.2 Å². The summed E-state index contributed by atoms with van der Waals surface area (Å²) in [5.74, 6) is 1.83. The number of hydrogen-bond donors (Lipinski definition) is 2. The maximum Gasteiger partial charge on any atom is 0.255 e. The minimum Gasteiger partial charge on any atom is -0.497 e. The van der Waals surface area contributed by atoms with Gasteiger partial charge in [0.2, 0.25) is 0 Å². The molecule has 0 aliphatic heterocycles. The molecule has 0 radical (unpaired) electrons. The minimum atomic E-state index is -0.216. The van der Waals surface area contributed by atoms with Crippen LogP contribution in [0.1, 0.15) is 10.4 Å². The lowest BCUT2D eigenvalue weighted by Crippen LogP contribution is -2.12. The zero-order valence-corrected chi connectivity index (χ0v) is 14.5. The van der Waals surface area contributed by atoms with Crippen molar-refractivity contribution >= 4 is 23.1 Å². The van der Waals surface area contributed by atoms with E-state index in [1.165, 1.54) is 0 Å². The van der Waals surface area contributed by atoms with Crippen molar-refractivity contribution in [1.82, 2.24) is 4.98 Å². The number of nitrogens with zero attached hydrogens (tertiary/aromatic N) is 1. The molecule has 0 aliphatic rings. The molecule has 3 rings (SSSR count). The first-order valence-corrected chi connectivity index (χ1v) is 8.00. The fraction of sp³-hybridized carbons (Fsp3) is 0.100. The maximum atomic E-state index is 12.5. The molecular weight excluding hydrogens is 330 g/mol. The van der Waals surface area contributed by atoms with Crippen LogP contribution in [0.4, 0.5) is 17.2 Å². The molecule has 3 aromatic rings. The van der Waals surface area contributed by atoms with Crippen molar-refractivity contribution in [3.63, 3.8) is 0 Å². The van der Waals surface area contributed by atoms with Crippen molar-refractivity contribution in [2.75, 3.05) is 24.9 Å². The fourth-order valence-corrected chi connectivity index (χ4v) is 2.37. The van der Waals surface area contributed by atoms with Crippen LogP contribution in [-0.4, -0.2) is 25.1 Å². The lowest BCUT2D eigenvalue weighted by Gasteiger charge is -2.09. The van der Waals surface area contributed by atoms with Crippen LogP contribution in [0.2, 0.25) is 0 Å². The van der Waals surface area contributed by atoms with E-state index in [0.29, 0.717) is 17.1 Å². The Morgan fingerprint density at radius 3 is 2.38 bits per heavy atom. The number of ether oxygens (including phenoxy) is 2. The lowest BCUT2D eigenvalue weighted by molar-refractivity contribution is 0.102. The van der Waals surface area contributed by atoms with Crippen LogP contribution in [0.25, 0.3) is 0 Å². The molecule has 0 unspecified atom stereocenters. The summed E-state index contributed by atoms with van der Waals surface area (Å²) in [7, 11) is 3.21. The predicted molar refractivity (Wildman–Crippen MR) is 101 cm³/mol. The van der Waals surface area contributed by atoms with Crippen LogP contribution < -0.4 is 20.1 Å². The van der Waals surface area contributed by atoms with Crippen LogP contribution >= 0.6 is 0 Å². The van der Waals surface area contributed by atoms with E-state index >= 15 is 0 Å². The third-order valence-corrected chi connectivity index (χ3v) is 3.71. The van der Waals surface area contributed by atoms with Crippen molar-refractivity contribution < 1.29 is 14.3 Å². The van der Waals surface area contributed by atoms with E-state index in [2.05, 4.69) is 15.6 Å². The molecule has 0 saturated carbocycles. The highest BCUT2D eigenvalue weighted by Crippen LogP contribution is 2.21. The summed E-state index contributed by atoms with van der Waals surface area (Å²) in [6.07, 6.45) is 1.59. The molecule has 0 atom stereocenters. The lowest BCUT2D eigenvalue weighted by atomic mass is 10.2. The predicted octanol–water partition coefficient (Wildman–Crippen LogP) is 4.09. The highest BCUT2D eigenvalue weighted by atomic mass is 16.5. The van der Waals surface area contributed by atoms with E-state index in [0.717, 1.165) is 17.2 Å². The summed E-state index contributed by atoms with van der Waals surface area (Å²) in [6.45, 7) is 0. The number of pyridine rings is 1. The van der Waals surface area contributed by atoms with E-state index in [9.17, 15) is 4.79 Å². The molecule has 26 heavy (non-hydrogen) atoms. The number of carbonyl (C=O) groups is 1. The number of methoxy groups -OCH3 is 2. The van der Waals surface area contributed by atoms with Crippen molar-refractivity contribution in [2.45, 2.75) is 0 Å². The fourth-order valence-electron chi connectivity index (χ4n) is 2.37. The standard InChI is InChI=1S/C20H19N3O3/c1-25-17-8-6-15(7-9-17)23-20(24)14-10-11-21-19(12-14)22-16-4-3-5-18(13-16)26-2/h3-13H,1-2H3,(H,21,22)(H,23,24). The van der Waals surface area contributed by atoms with Crippen molar-refractivity contribution in [1.29, 1.82) is 0 Å². The van der Waals surface area contributed by atoms with E-state index in [1.807, 2.05) is 24.3 Å². The highest BCUT2D eigenvalue weighted by molar-refractivity contribution is 6.04. The molecule has 0 bridgehead atoms. The quantitative estimate of drug-likeness (QED) is 0.701. The average Bonchev–Trinajstić information content (AvgIpc) is 2.69. The van der Waals surface area contributed by atoms with Crippen LogP contribution in [-0.2, 0) is 0 Å². The Labute approximate surface area is 151 Å². The number of benzene rings is 2. The van der Waals surface area contributed by atoms with Crippen LogP contribution in [0.5, 0.6) is 11.5 Å². The first kappa shape index (κ1) is 17.3. The maximum absolute atomic E-state index is 12.5.